The highest BCUT2D eigenvalue weighted by atomic mass is 15.3. The second-order valence-electron chi connectivity index (χ2n) is 3.12. The fourth-order valence-electron chi connectivity index (χ4n) is 1.61. The molecule has 0 saturated carbocycles. The quantitative estimate of drug-likeness (QED) is 0.549. The summed E-state index contributed by atoms with van der Waals surface area (Å²) in [6.07, 6.45) is 1.68. The number of nitrogen functional groups attached to an aromatic ring is 1. The van der Waals surface area contributed by atoms with Gasteiger partial charge in [-0.1, -0.05) is 6.07 Å². The lowest BCUT2D eigenvalue weighted by Gasteiger charge is -1.95. The molecule has 0 radical (unpaired) electrons. The number of aromatic nitrogens is 4. The van der Waals surface area contributed by atoms with Crippen LogP contribution in [0.25, 0.3) is 21.8 Å². The summed E-state index contributed by atoms with van der Waals surface area (Å²) in [6, 6.07) is 5.74. The summed E-state index contributed by atoms with van der Waals surface area (Å²) >= 11 is 0. The maximum Gasteiger partial charge on any atom is 0.101 e. The van der Waals surface area contributed by atoms with E-state index < -0.39 is 0 Å². The van der Waals surface area contributed by atoms with Crippen molar-refractivity contribution in [1.29, 1.82) is 0 Å². The van der Waals surface area contributed by atoms with Crippen LogP contribution in [0.4, 0.5) is 5.82 Å². The van der Waals surface area contributed by atoms with E-state index in [1.54, 1.807) is 6.20 Å². The highest BCUT2D eigenvalue weighted by Crippen LogP contribution is 2.23. The fraction of sp³-hybridized carbons (Fsp3) is 0. The van der Waals surface area contributed by atoms with Crippen LogP contribution in [0.2, 0.25) is 0 Å². The van der Waals surface area contributed by atoms with Gasteiger partial charge in [-0.05, 0) is 17.3 Å². The van der Waals surface area contributed by atoms with Gasteiger partial charge in [0.05, 0.1) is 17.2 Å². The van der Waals surface area contributed by atoms with E-state index in [1.165, 1.54) is 0 Å². The number of hydrogen-bond donors (Lipinski definition) is 2. The molecule has 68 valence electrons. The summed E-state index contributed by atoms with van der Waals surface area (Å²) in [7, 11) is 0. The molecule has 1 aromatic carbocycles. The first-order valence-electron chi connectivity index (χ1n) is 4.20. The second-order valence-corrected chi connectivity index (χ2v) is 3.12. The number of nitrogens with zero attached hydrogens (tertiary/aromatic N) is 3. The monoisotopic (exact) mass is 185 g/mol. The smallest absolute Gasteiger partial charge is 0.101 e. The van der Waals surface area contributed by atoms with Gasteiger partial charge in [-0.3, -0.25) is 0 Å². The number of H-pyrrole nitrogens is 1. The van der Waals surface area contributed by atoms with Crippen molar-refractivity contribution >= 4 is 27.6 Å². The van der Waals surface area contributed by atoms with Gasteiger partial charge < -0.3 is 10.7 Å². The Morgan fingerprint density at radius 3 is 3.14 bits per heavy atom. The SMILES string of the molecule is Nc1cc2ccc3nnncc3c2[nH]1. The summed E-state index contributed by atoms with van der Waals surface area (Å²) < 4.78 is 0. The molecule has 0 atom stereocenters. The van der Waals surface area contributed by atoms with Gasteiger partial charge in [-0.25, -0.2) is 0 Å². The Hall–Kier alpha value is -2.17. The number of rotatable bonds is 0. The topological polar surface area (TPSA) is 80.5 Å². The standard InChI is InChI=1S/C9H7N5/c10-8-3-5-1-2-7-6(9(5)12-8)4-11-14-13-7/h1-4,12H,10H2. The Bertz CT molecular complexity index is 613. The Labute approximate surface area is 78.9 Å². The van der Waals surface area contributed by atoms with Gasteiger partial charge in [0, 0.05) is 10.8 Å². The molecule has 2 heterocycles. The van der Waals surface area contributed by atoms with Gasteiger partial charge in [-0.15, -0.1) is 10.2 Å². The average molecular weight is 185 g/mol. The van der Waals surface area contributed by atoms with Crippen LogP contribution >= 0.6 is 0 Å². The maximum atomic E-state index is 5.67. The molecule has 0 fully saturated rings. The van der Waals surface area contributed by atoms with E-state index in [9.17, 15) is 0 Å². The highest BCUT2D eigenvalue weighted by Gasteiger charge is 2.03. The lowest BCUT2D eigenvalue weighted by Crippen LogP contribution is -1.87. The minimum Gasteiger partial charge on any atom is -0.385 e. The number of hydrogen-bond acceptors (Lipinski definition) is 4. The molecule has 2 aromatic heterocycles. The zero-order chi connectivity index (χ0) is 9.54. The Morgan fingerprint density at radius 1 is 1.29 bits per heavy atom. The maximum absolute atomic E-state index is 5.67. The first-order valence-corrected chi connectivity index (χ1v) is 4.20. The van der Waals surface area contributed by atoms with Crippen LogP contribution in [0.3, 0.4) is 0 Å². The average Bonchev–Trinajstić information content (AvgIpc) is 2.59. The van der Waals surface area contributed by atoms with Crippen LogP contribution in [-0.4, -0.2) is 20.4 Å². The van der Waals surface area contributed by atoms with Gasteiger partial charge in [0.1, 0.15) is 5.82 Å². The van der Waals surface area contributed by atoms with Crippen molar-refractivity contribution in [3.05, 3.63) is 24.4 Å². The summed E-state index contributed by atoms with van der Waals surface area (Å²) in [6.45, 7) is 0. The van der Waals surface area contributed by atoms with Gasteiger partial charge in [0.25, 0.3) is 0 Å². The van der Waals surface area contributed by atoms with Crippen LogP contribution in [-0.2, 0) is 0 Å². The van der Waals surface area contributed by atoms with Crippen LogP contribution in [0.15, 0.2) is 24.4 Å². The number of fused-ring (bicyclic) bond motifs is 3. The third-order valence-electron chi connectivity index (χ3n) is 2.23. The lowest BCUT2D eigenvalue weighted by molar-refractivity contribution is 0.896. The molecular formula is C9H7N5. The van der Waals surface area contributed by atoms with Crippen LogP contribution in [0.1, 0.15) is 0 Å². The number of anilines is 1. The number of benzene rings is 1. The summed E-state index contributed by atoms with van der Waals surface area (Å²) in [5, 5.41) is 13.2. The van der Waals surface area contributed by atoms with Crippen molar-refractivity contribution in [3.63, 3.8) is 0 Å². The number of nitrogens with two attached hydrogens (primary N) is 1. The first kappa shape index (κ1) is 7.25. The van der Waals surface area contributed by atoms with Crippen LogP contribution in [0.5, 0.6) is 0 Å². The van der Waals surface area contributed by atoms with Crippen molar-refractivity contribution < 1.29 is 0 Å². The normalized spacial score (nSPS) is 11.1. The number of nitrogens with one attached hydrogen (secondary N) is 1. The molecule has 0 aliphatic heterocycles. The van der Waals surface area contributed by atoms with E-state index in [-0.39, 0.29) is 0 Å². The molecule has 0 saturated heterocycles. The first-order chi connectivity index (χ1) is 6.84. The van der Waals surface area contributed by atoms with E-state index in [2.05, 4.69) is 20.4 Å². The fourth-order valence-corrected chi connectivity index (χ4v) is 1.61. The van der Waals surface area contributed by atoms with E-state index in [0.29, 0.717) is 5.82 Å². The summed E-state index contributed by atoms with van der Waals surface area (Å²) in [5.74, 6) is 0.643. The largest absolute Gasteiger partial charge is 0.385 e. The van der Waals surface area contributed by atoms with Crippen molar-refractivity contribution in [2.24, 2.45) is 0 Å². The molecule has 14 heavy (non-hydrogen) atoms. The zero-order valence-electron chi connectivity index (χ0n) is 7.23. The highest BCUT2D eigenvalue weighted by molar-refractivity contribution is 6.04. The van der Waals surface area contributed by atoms with Gasteiger partial charge in [0.2, 0.25) is 0 Å². The Balaban J connectivity index is 2.60. The third kappa shape index (κ3) is 0.861. The molecule has 3 aromatic rings. The van der Waals surface area contributed by atoms with Gasteiger partial charge >= 0.3 is 0 Å². The van der Waals surface area contributed by atoms with Crippen molar-refractivity contribution in [3.8, 4) is 0 Å². The predicted molar refractivity (Wildman–Crippen MR) is 53.6 cm³/mol. The summed E-state index contributed by atoms with van der Waals surface area (Å²) in [5.41, 5.74) is 7.44. The summed E-state index contributed by atoms with van der Waals surface area (Å²) in [4.78, 5) is 3.07. The van der Waals surface area contributed by atoms with Gasteiger partial charge in [0.15, 0.2) is 0 Å². The molecular weight excluding hydrogens is 178 g/mol. The minimum atomic E-state index is 0.643. The van der Waals surface area contributed by atoms with Crippen LogP contribution in [0, 0.1) is 0 Å². The van der Waals surface area contributed by atoms with Gasteiger partial charge in [-0.2, -0.15) is 0 Å². The molecule has 0 bridgehead atoms. The Kier molecular flexibility index (Phi) is 1.25. The van der Waals surface area contributed by atoms with Crippen molar-refractivity contribution in [2.45, 2.75) is 0 Å². The molecule has 0 aliphatic rings. The van der Waals surface area contributed by atoms with E-state index in [4.69, 9.17) is 5.73 Å². The minimum absolute atomic E-state index is 0.643. The molecule has 0 amide bonds. The second kappa shape index (κ2) is 2.41. The molecule has 5 nitrogen and oxygen atoms in total. The molecule has 0 aliphatic carbocycles. The molecule has 0 unspecified atom stereocenters. The molecule has 3 N–H and O–H groups in total. The Morgan fingerprint density at radius 2 is 2.21 bits per heavy atom. The predicted octanol–water partition coefficient (Wildman–Crippen LogP) is 1.09. The van der Waals surface area contributed by atoms with E-state index >= 15 is 0 Å². The molecule has 5 heteroatoms. The molecule has 0 spiro atoms. The zero-order valence-corrected chi connectivity index (χ0v) is 7.23. The van der Waals surface area contributed by atoms with Crippen molar-refractivity contribution in [1.82, 2.24) is 20.4 Å². The molecule has 3 rings (SSSR count). The lowest BCUT2D eigenvalue weighted by atomic mass is 10.2. The van der Waals surface area contributed by atoms with Crippen LogP contribution < -0.4 is 5.73 Å². The van der Waals surface area contributed by atoms with Crippen molar-refractivity contribution in [2.75, 3.05) is 5.73 Å². The van der Waals surface area contributed by atoms with E-state index in [0.717, 1.165) is 21.8 Å². The third-order valence-corrected chi connectivity index (χ3v) is 2.23. The number of aromatic amines is 1. The van der Waals surface area contributed by atoms with E-state index in [1.807, 2.05) is 18.2 Å².